The van der Waals surface area contributed by atoms with Gasteiger partial charge in [0.05, 0.1) is 18.0 Å². The molecule has 0 spiro atoms. The first-order chi connectivity index (χ1) is 10.4. The van der Waals surface area contributed by atoms with Gasteiger partial charge in [0, 0.05) is 39.3 Å². The van der Waals surface area contributed by atoms with Gasteiger partial charge in [-0.15, -0.1) is 0 Å². The summed E-state index contributed by atoms with van der Waals surface area (Å²) >= 11 is 0. The summed E-state index contributed by atoms with van der Waals surface area (Å²) in [7, 11) is -3.42. The van der Waals surface area contributed by atoms with Crippen molar-refractivity contribution in [2.45, 2.75) is 32.0 Å². The van der Waals surface area contributed by atoms with Crippen molar-refractivity contribution in [3.05, 3.63) is 0 Å². The number of carbonyl (C=O) groups is 1. The van der Waals surface area contributed by atoms with E-state index in [0.717, 1.165) is 12.8 Å². The molecule has 2 atom stereocenters. The number of nitrogens with zero attached hydrogens (tertiary/aromatic N) is 2. The summed E-state index contributed by atoms with van der Waals surface area (Å²) in [6.45, 7) is 5.29. The van der Waals surface area contributed by atoms with Crippen LogP contribution >= 0.6 is 0 Å². The normalized spacial score (nSPS) is 25.4. The van der Waals surface area contributed by atoms with Crippen molar-refractivity contribution < 1.29 is 23.1 Å². The highest BCUT2D eigenvalue weighted by Gasteiger charge is 2.29. The Labute approximate surface area is 132 Å². The molecule has 1 amide bonds. The van der Waals surface area contributed by atoms with Gasteiger partial charge in [0.25, 0.3) is 0 Å². The first kappa shape index (κ1) is 17.7. The van der Waals surface area contributed by atoms with Crippen LogP contribution in [-0.2, 0) is 19.4 Å². The van der Waals surface area contributed by atoms with Gasteiger partial charge in [0.2, 0.25) is 5.91 Å². The molecule has 2 saturated heterocycles. The number of rotatable bonds is 6. The van der Waals surface area contributed by atoms with Crippen LogP contribution in [0.3, 0.4) is 0 Å². The Balaban J connectivity index is 1.77. The first-order valence-electron chi connectivity index (χ1n) is 7.86. The average molecular weight is 334 g/mol. The Morgan fingerprint density at radius 3 is 2.55 bits per heavy atom. The molecule has 0 aromatic carbocycles. The third-order valence-corrected chi connectivity index (χ3v) is 5.62. The number of amides is 1. The quantitative estimate of drug-likeness (QED) is 0.678. The number of aliphatic hydroxyl groups is 1. The van der Waals surface area contributed by atoms with Gasteiger partial charge in [0.1, 0.15) is 5.75 Å². The van der Waals surface area contributed by atoms with E-state index in [9.17, 15) is 18.3 Å². The van der Waals surface area contributed by atoms with Gasteiger partial charge in [-0.05, 0) is 19.8 Å². The molecular formula is C14H26N2O5S. The van der Waals surface area contributed by atoms with Gasteiger partial charge in [-0.1, -0.05) is 0 Å². The predicted octanol–water partition coefficient (Wildman–Crippen LogP) is -0.895. The summed E-state index contributed by atoms with van der Waals surface area (Å²) in [6, 6.07) is 0. The molecule has 2 aliphatic heterocycles. The number of carbonyl (C=O) groups excluding carboxylic acids is 1. The molecule has 2 heterocycles. The van der Waals surface area contributed by atoms with E-state index in [4.69, 9.17) is 4.74 Å². The van der Waals surface area contributed by atoms with Crippen LogP contribution in [-0.4, -0.2) is 92.3 Å². The van der Waals surface area contributed by atoms with Crippen molar-refractivity contribution in [3.63, 3.8) is 0 Å². The van der Waals surface area contributed by atoms with E-state index in [2.05, 4.69) is 4.90 Å². The van der Waals surface area contributed by atoms with Crippen molar-refractivity contribution in [3.8, 4) is 0 Å². The molecule has 1 N–H and O–H groups in total. The van der Waals surface area contributed by atoms with E-state index in [1.165, 1.54) is 0 Å². The minimum atomic E-state index is -3.42. The summed E-state index contributed by atoms with van der Waals surface area (Å²) in [6.07, 6.45) is 1.000. The minimum Gasteiger partial charge on any atom is -0.392 e. The molecule has 0 aromatic heterocycles. The zero-order valence-electron chi connectivity index (χ0n) is 13.1. The number of piperazine rings is 1. The molecule has 0 saturated carbocycles. The van der Waals surface area contributed by atoms with Crippen molar-refractivity contribution in [1.82, 2.24) is 9.80 Å². The smallest absolute Gasteiger partial charge is 0.237 e. The van der Waals surface area contributed by atoms with E-state index in [1.54, 1.807) is 11.8 Å². The zero-order valence-corrected chi connectivity index (χ0v) is 13.9. The summed E-state index contributed by atoms with van der Waals surface area (Å²) in [5.74, 6) is -0.807. The number of aliphatic hydroxyl groups excluding tert-OH is 1. The van der Waals surface area contributed by atoms with Crippen LogP contribution in [0.1, 0.15) is 19.8 Å². The van der Waals surface area contributed by atoms with Gasteiger partial charge in [-0.25, -0.2) is 8.42 Å². The second-order valence-electron chi connectivity index (χ2n) is 6.22. The summed E-state index contributed by atoms with van der Waals surface area (Å²) in [4.78, 5) is 15.8. The average Bonchev–Trinajstić information content (AvgIpc) is 2.90. The third-order valence-electron chi connectivity index (χ3n) is 4.05. The van der Waals surface area contributed by atoms with Gasteiger partial charge in [-0.2, -0.15) is 0 Å². The van der Waals surface area contributed by atoms with Crippen LogP contribution in [0.15, 0.2) is 0 Å². The molecule has 0 radical (unpaired) electrons. The fraction of sp³-hybridized carbons (Fsp3) is 0.929. The maximum absolute atomic E-state index is 12.2. The number of sulfone groups is 1. The fourth-order valence-corrected chi connectivity index (χ4v) is 4.46. The van der Waals surface area contributed by atoms with Crippen LogP contribution in [0, 0.1) is 0 Å². The number of hydrogen-bond acceptors (Lipinski definition) is 6. The molecule has 7 nitrogen and oxygen atoms in total. The van der Waals surface area contributed by atoms with Crippen LogP contribution in [0.5, 0.6) is 0 Å². The highest BCUT2D eigenvalue weighted by Crippen LogP contribution is 2.15. The molecule has 0 unspecified atom stereocenters. The molecule has 128 valence electrons. The molecule has 8 heteroatoms. The Morgan fingerprint density at radius 2 is 2.00 bits per heavy atom. The molecule has 22 heavy (non-hydrogen) atoms. The van der Waals surface area contributed by atoms with Gasteiger partial charge >= 0.3 is 0 Å². The van der Waals surface area contributed by atoms with Gasteiger partial charge in [0.15, 0.2) is 9.84 Å². The number of ether oxygens (including phenoxy) is 1. The zero-order chi connectivity index (χ0) is 16.2. The fourth-order valence-electron chi connectivity index (χ4n) is 2.95. The third kappa shape index (κ3) is 5.49. The van der Waals surface area contributed by atoms with Crippen molar-refractivity contribution in [1.29, 1.82) is 0 Å². The standard InChI is InChI=1S/C14H26N2O5S/c1-12(17)9-15-4-6-16(7-5-15)14(18)11-22(19,20)10-13-3-2-8-21-13/h12-13,17H,2-11H2,1H3/t12-,13-/m0/s1. The SMILES string of the molecule is C[C@H](O)CN1CCN(C(=O)CS(=O)(=O)C[C@@H]2CCCO2)CC1. The van der Waals surface area contributed by atoms with Crippen LogP contribution in [0.4, 0.5) is 0 Å². The Kier molecular flexibility index (Phi) is 6.19. The lowest BCUT2D eigenvalue weighted by Crippen LogP contribution is -2.51. The second-order valence-corrected chi connectivity index (χ2v) is 8.33. The maximum atomic E-state index is 12.2. The van der Waals surface area contributed by atoms with E-state index in [0.29, 0.717) is 39.3 Å². The highest BCUT2D eigenvalue weighted by molar-refractivity contribution is 7.92. The van der Waals surface area contributed by atoms with Crippen LogP contribution in [0.25, 0.3) is 0 Å². The largest absolute Gasteiger partial charge is 0.392 e. The van der Waals surface area contributed by atoms with Crippen LogP contribution in [0.2, 0.25) is 0 Å². The van der Waals surface area contributed by atoms with Crippen molar-refractivity contribution in [2.75, 3.05) is 50.8 Å². The van der Waals surface area contributed by atoms with E-state index in [1.807, 2.05) is 0 Å². The molecule has 0 aromatic rings. The predicted molar refractivity (Wildman–Crippen MR) is 82.3 cm³/mol. The molecule has 0 aliphatic carbocycles. The number of hydrogen-bond donors (Lipinski definition) is 1. The first-order valence-corrected chi connectivity index (χ1v) is 9.68. The summed E-state index contributed by atoms with van der Waals surface area (Å²) in [5.41, 5.74) is 0. The summed E-state index contributed by atoms with van der Waals surface area (Å²) < 4.78 is 29.5. The van der Waals surface area contributed by atoms with E-state index in [-0.39, 0.29) is 17.8 Å². The maximum Gasteiger partial charge on any atom is 0.237 e. The van der Waals surface area contributed by atoms with Crippen molar-refractivity contribution in [2.24, 2.45) is 0 Å². The topological polar surface area (TPSA) is 87.2 Å². The van der Waals surface area contributed by atoms with Gasteiger partial charge < -0.3 is 14.7 Å². The van der Waals surface area contributed by atoms with Gasteiger partial charge in [-0.3, -0.25) is 9.69 Å². The Morgan fingerprint density at radius 1 is 1.32 bits per heavy atom. The molecule has 2 aliphatic rings. The molecule has 2 rings (SSSR count). The lowest BCUT2D eigenvalue weighted by Gasteiger charge is -2.35. The lowest BCUT2D eigenvalue weighted by atomic mass is 10.3. The molecule has 2 fully saturated rings. The lowest BCUT2D eigenvalue weighted by molar-refractivity contribution is -0.130. The van der Waals surface area contributed by atoms with E-state index < -0.39 is 21.7 Å². The second kappa shape index (κ2) is 7.72. The molecular weight excluding hydrogens is 308 g/mol. The Bertz CT molecular complexity index is 466. The van der Waals surface area contributed by atoms with Crippen LogP contribution < -0.4 is 0 Å². The highest BCUT2D eigenvalue weighted by atomic mass is 32.2. The van der Waals surface area contributed by atoms with E-state index >= 15 is 0 Å². The minimum absolute atomic E-state index is 0.0548. The number of β-amino-alcohol motifs (C(OH)–C–C–N with tert-alkyl or cyclic N) is 1. The monoisotopic (exact) mass is 334 g/mol. The summed E-state index contributed by atoms with van der Waals surface area (Å²) in [5, 5.41) is 9.35. The molecule has 0 bridgehead atoms. The van der Waals surface area contributed by atoms with Crippen molar-refractivity contribution >= 4 is 15.7 Å². The Hall–Kier alpha value is -0.700.